The molecule has 4 nitrogen and oxygen atoms in total. The number of rotatable bonds is 12. The standard InChI is InChI=1S/C20H27Cl4NO3/c1-20(2,3)14-25-28-10-7-5-4-6-9-27-19-16(21)12-15(13-17(19)22)26-11-8-18(23)24/h8,12-14H,4-7,9-11H2,1-3H3/b25-14+. The van der Waals surface area contributed by atoms with Gasteiger partial charge in [0.1, 0.15) is 23.5 Å². The minimum atomic E-state index is 0.0408. The smallest absolute Gasteiger partial charge is 0.156 e. The van der Waals surface area contributed by atoms with Gasteiger partial charge in [-0.05, 0) is 31.8 Å². The molecule has 0 aliphatic rings. The average molecular weight is 471 g/mol. The molecule has 0 radical (unpaired) electrons. The number of hydrogen-bond acceptors (Lipinski definition) is 4. The summed E-state index contributed by atoms with van der Waals surface area (Å²) in [5, 5.41) is 4.76. The van der Waals surface area contributed by atoms with Crippen LogP contribution in [-0.4, -0.2) is 26.0 Å². The van der Waals surface area contributed by atoms with Gasteiger partial charge in [0, 0.05) is 23.8 Å². The Kier molecular flexibility index (Phi) is 12.1. The van der Waals surface area contributed by atoms with Crippen molar-refractivity contribution >= 4 is 52.6 Å². The zero-order valence-corrected chi connectivity index (χ0v) is 19.5. The van der Waals surface area contributed by atoms with Gasteiger partial charge in [0.2, 0.25) is 0 Å². The Bertz CT molecular complexity index is 630. The summed E-state index contributed by atoms with van der Waals surface area (Å²) >= 11 is 23.5. The number of unbranched alkanes of at least 4 members (excludes halogenated alkanes) is 3. The summed E-state index contributed by atoms with van der Waals surface area (Å²) in [6.45, 7) is 7.61. The summed E-state index contributed by atoms with van der Waals surface area (Å²) in [4.78, 5) is 5.24. The highest BCUT2D eigenvalue weighted by Gasteiger charge is 2.10. The van der Waals surface area contributed by atoms with Crippen LogP contribution in [0.15, 0.2) is 27.9 Å². The molecule has 8 heteroatoms. The number of halogens is 4. The first-order chi connectivity index (χ1) is 13.2. The summed E-state index contributed by atoms with van der Waals surface area (Å²) < 4.78 is 11.3. The van der Waals surface area contributed by atoms with Crippen molar-refractivity contribution in [1.29, 1.82) is 0 Å². The monoisotopic (exact) mass is 469 g/mol. The van der Waals surface area contributed by atoms with Gasteiger partial charge in [0.25, 0.3) is 0 Å². The highest BCUT2D eigenvalue weighted by molar-refractivity contribution is 6.55. The first-order valence-corrected chi connectivity index (χ1v) is 10.6. The van der Waals surface area contributed by atoms with Crippen molar-refractivity contribution in [3.05, 3.63) is 32.7 Å². The Morgan fingerprint density at radius 3 is 2.14 bits per heavy atom. The molecule has 1 aromatic carbocycles. The van der Waals surface area contributed by atoms with E-state index < -0.39 is 0 Å². The normalized spacial score (nSPS) is 11.5. The second-order valence-electron chi connectivity index (χ2n) is 7.22. The maximum absolute atomic E-state index is 6.23. The van der Waals surface area contributed by atoms with E-state index in [2.05, 4.69) is 25.9 Å². The molecular weight excluding hydrogens is 444 g/mol. The molecule has 0 unspecified atom stereocenters. The number of oxime groups is 1. The number of ether oxygens (including phenoxy) is 2. The Morgan fingerprint density at radius 2 is 1.57 bits per heavy atom. The van der Waals surface area contributed by atoms with Crippen molar-refractivity contribution in [2.45, 2.75) is 46.5 Å². The number of nitrogens with zero attached hydrogens (tertiary/aromatic N) is 1. The predicted molar refractivity (Wildman–Crippen MR) is 120 cm³/mol. The molecule has 0 aliphatic heterocycles. The molecule has 0 aromatic heterocycles. The van der Waals surface area contributed by atoms with Crippen molar-refractivity contribution in [3.63, 3.8) is 0 Å². The van der Waals surface area contributed by atoms with Crippen LogP contribution in [-0.2, 0) is 4.84 Å². The summed E-state index contributed by atoms with van der Waals surface area (Å²) in [5.74, 6) is 0.976. The summed E-state index contributed by atoms with van der Waals surface area (Å²) in [6, 6.07) is 3.29. The lowest BCUT2D eigenvalue weighted by Crippen LogP contribution is -2.06. The molecule has 0 atom stereocenters. The Morgan fingerprint density at radius 1 is 0.964 bits per heavy atom. The van der Waals surface area contributed by atoms with E-state index in [1.807, 2.05) is 6.21 Å². The minimum absolute atomic E-state index is 0.0408. The van der Waals surface area contributed by atoms with Crippen molar-refractivity contribution in [1.82, 2.24) is 0 Å². The SMILES string of the molecule is CC(C)(C)/C=N/OCCCCCCOc1c(Cl)cc(OCC=C(Cl)Cl)cc1Cl. The van der Waals surface area contributed by atoms with Crippen LogP contribution in [0.4, 0.5) is 0 Å². The van der Waals surface area contributed by atoms with Gasteiger partial charge in [0.05, 0.1) is 16.7 Å². The van der Waals surface area contributed by atoms with Gasteiger partial charge in [-0.25, -0.2) is 0 Å². The lowest BCUT2D eigenvalue weighted by molar-refractivity contribution is 0.138. The lowest BCUT2D eigenvalue weighted by atomic mass is 10.00. The van der Waals surface area contributed by atoms with E-state index in [9.17, 15) is 0 Å². The van der Waals surface area contributed by atoms with Crippen molar-refractivity contribution < 1.29 is 14.3 Å². The first-order valence-electron chi connectivity index (χ1n) is 9.11. The Balaban J connectivity index is 2.25. The molecule has 28 heavy (non-hydrogen) atoms. The maximum Gasteiger partial charge on any atom is 0.156 e. The van der Waals surface area contributed by atoms with Gasteiger partial charge in [-0.2, -0.15) is 0 Å². The zero-order chi connectivity index (χ0) is 21.0. The molecule has 0 saturated carbocycles. The molecule has 1 rings (SSSR count). The van der Waals surface area contributed by atoms with Crippen molar-refractivity contribution in [2.24, 2.45) is 10.6 Å². The third kappa shape index (κ3) is 11.9. The predicted octanol–water partition coefficient (Wildman–Crippen LogP) is 7.68. The fraction of sp³-hybridized carbons (Fsp3) is 0.550. The third-order valence-electron chi connectivity index (χ3n) is 3.35. The van der Waals surface area contributed by atoms with E-state index in [4.69, 9.17) is 60.7 Å². The zero-order valence-electron chi connectivity index (χ0n) is 16.4. The highest BCUT2D eigenvalue weighted by Crippen LogP contribution is 2.37. The van der Waals surface area contributed by atoms with E-state index in [1.165, 1.54) is 6.08 Å². The molecule has 0 bridgehead atoms. The van der Waals surface area contributed by atoms with Crippen LogP contribution in [0.25, 0.3) is 0 Å². The molecule has 0 aliphatic carbocycles. The summed E-state index contributed by atoms with van der Waals surface area (Å²) in [7, 11) is 0. The van der Waals surface area contributed by atoms with E-state index in [1.54, 1.807) is 12.1 Å². The van der Waals surface area contributed by atoms with Crippen LogP contribution >= 0.6 is 46.4 Å². The van der Waals surface area contributed by atoms with Gasteiger partial charge in [-0.1, -0.05) is 72.3 Å². The molecule has 0 heterocycles. The molecule has 0 spiro atoms. The van der Waals surface area contributed by atoms with Crippen molar-refractivity contribution in [2.75, 3.05) is 19.8 Å². The van der Waals surface area contributed by atoms with Gasteiger partial charge in [0.15, 0.2) is 5.75 Å². The fourth-order valence-electron chi connectivity index (χ4n) is 2.00. The average Bonchev–Trinajstić information content (AvgIpc) is 2.57. The van der Waals surface area contributed by atoms with Gasteiger partial charge in [-0.15, -0.1) is 0 Å². The van der Waals surface area contributed by atoms with Gasteiger partial charge >= 0.3 is 0 Å². The largest absolute Gasteiger partial charge is 0.490 e. The highest BCUT2D eigenvalue weighted by atomic mass is 35.5. The van der Waals surface area contributed by atoms with E-state index in [0.29, 0.717) is 34.8 Å². The molecule has 0 saturated heterocycles. The molecule has 158 valence electrons. The minimum Gasteiger partial charge on any atom is -0.490 e. The second-order valence-corrected chi connectivity index (χ2v) is 9.04. The van der Waals surface area contributed by atoms with Crippen LogP contribution in [0.5, 0.6) is 11.5 Å². The number of hydrogen-bond donors (Lipinski definition) is 0. The van der Waals surface area contributed by atoms with Crippen LogP contribution in [0.2, 0.25) is 10.0 Å². The van der Waals surface area contributed by atoms with Crippen LogP contribution in [0.3, 0.4) is 0 Å². The Labute approximate surface area is 187 Å². The van der Waals surface area contributed by atoms with E-state index in [-0.39, 0.29) is 16.5 Å². The van der Waals surface area contributed by atoms with Crippen LogP contribution in [0, 0.1) is 5.41 Å². The van der Waals surface area contributed by atoms with E-state index >= 15 is 0 Å². The molecule has 0 fully saturated rings. The summed E-state index contributed by atoms with van der Waals surface area (Å²) in [6.07, 6.45) is 7.25. The quantitative estimate of drug-likeness (QED) is 0.178. The van der Waals surface area contributed by atoms with Gasteiger partial charge in [-0.3, -0.25) is 0 Å². The van der Waals surface area contributed by atoms with Gasteiger partial charge < -0.3 is 14.3 Å². The summed E-state index contributed by atoms with van der Waals surface area (Å²) in [5.41, 5.74) is 0.0408. The number of benzene rings is 1. The maximum atomic E-state index is 6.23. The fourth-order valence-corrected chi connectivity index (χ4v) is 2.71. The topological polar surface area (TPSA) is 40.0 Å². The molecule has 1 aromatic rings. The lowest BCUT2D eigenvalue weighted by Gasteiger charge is -2.12. The molecular formula is C20H27Cl4NO3. The third-order valence-corrected chi connectivity index (χ3v) is 4.22. The van der Waals surface area contributed by atoms with Crippen LogP contribution in [0.1, 0.15) is 46.5 Å². The molecule has 0 N–H and O–H groups in total. The Hall–Kier alpha value is -0.810. The second kappa shape index (κ2) is 13.4. The van der Waals surface area contributed by atoms with Crippen LogP contribution < -0.4 is 9.47 Å². The molecule has 0 amide bonds. The van der Waals surface area contributed by atoms with E-state index in [0.717, 1.165) is 25.7 Å². The first kappa shape index (κ1) is 25.2. The van der Waals surface area contributed by atoms with Crippen molar-refractivity contribution in [3.8, 4) is 11.5 Å².